The van der Waals surface area contributed by atoms with Gasteiger partial charge in [-0.2, -0.15) is 0 Å². The summed E-state index contributed by atoms with van der Waals surface area (Å²) in [5, 5.41) is 4.99. The second-order valence-electron chi connectivity index (χ2n) is 12.2. The van der Waals surface area contributed by atoms with Crippen LogP contribution in [0.4, 0.5) is 28.4 Å². The minimum Gasteiger partial charge on any atom is -0.344 e. The van der Waals surface area contributed by atoms with Crippen LogP contribution >= 0.6 is 0 Å². The molecule has 0 aromatic heterocycles. The average molecular weight is 605 g/mol. The second kappa shape index (κ2) is 12.5. The maximum atomic E-state index is 2.38. The van der Waals surface area contributed by atoms with Crippen LogP contribution < -0.4 is 9.80 Å². The Labute approximate surface area is 277 Å². The van der Waals surface area contributed by atoms with Gasteiger partial charge in [-0.15, -0.1) is 0 Å². The van der Waals surface area contributed by atoms with Gasteiger partial charge in [-0.25, -0.2) is 0 Å². The van der Waals surface area contributed by atoms with Crippen molar-refractivity contribution in [2.75, 3.05) is 16.8 Å². The summed E-state index contributed by atoms with van der Waals surface area (Å²) < 4.78 is 0. The van der Waals surface area contributed by atoms with Crippen LogP contribution in [0.3, 0.4) is 0 Å². The van der Waals surface area contributed by atoms with Gasteiger partial charge in [0.25, 0.3) is 0 Å². The summed E-state index contributed by atoms with van der Waals surface area (Å²) in [6.07, 6.45) is 9.07. The van der Waals surface area contributed by atoms with E-state index in [2.05, 4.69) is 193 Å². The highest BCUT2D eigenvalue weighted by Crippen LogP contribution is 2.41. The third-order valence-corrected chi connectivity index (χ3v) is 9.22. The minimum atomic E-state index is 1.08. The van der Waals surface area contributed by atoms with Crippen molar-refractivity contribution in [2.24, 2.45) is 0 Å². The Kier molecular flexibility index (Phi) is 7.61. The maximum absolute atomic E-state index is 2.38. The van der Waals surface area contributed by atoms with E-state index in [9.17, 15) is 0 Å². The van der Waals surface area contributed by atoms with Crippen LogP contribution in [0.5, 0.6) is 0 Å². The zero-order valence-electron chi connectivity index (χ0n) is 26.6. The third kappa shape index (κ3) is 5.60. The quantitative estimate of drug-likeness (QED) is 0.167. The molecule has 7 aromatic carbocycles. The fraction of sp³-hybridized carbons (Fsp3) is 0.0667. The standard InChI is InChI=1S/C45H36N2/c1-46(45-43-24-10-8-18-37(43)30-38-19-9-11-25-44(38)45)39-26-28-40(29-27-39)47(41-22-12-20-35(31-41)33-14-4-2-5-15-33)42-23-13-21-36(32-42)34-16-6-3-7-17-34/h2,4-6,8-32H,3,7H2,1H3. The first-order valence-electron chi connectivity index (χ1n) is 16.4. The van der Waals surface area contributed by atoms with E-state index in [1.165, 1.54) is 49.5 Å². The van der Waals surface area contributed by atoms with E-state index in [-0.39, 0.29) is 0 Å². The average Bonchev–Trinajstić information content (AvgIpc) is 3.15. The van der Waals surface area contributed by atoms with Crippen LogP contribution in [0.2, 0.25) is 0 Å². The lowest BCUT2D eigenvalue weighted by molar-refractivity contribution is 1.04. The van der Waals surface area contributed by atoms with Crippen molar-refractivity contribution in [1.82, 2.24) is 0 Å². The molecular weight excluding hydrogens is 569 g/mol. The fourth-order valence-corrected chi connectivity index (χ4v) is 6.86. The summed E-state index contributed by atoms with van der Waals surface area (Å²) in [7, 11) is 2.18. The predicted octanol–water partition coefficient (Wildman–Crippen LogP) is 12.6. The van der Waals surface area contributed by atoms with Crippen LogP contribution in [0.1, 0.15) is 18.4 Å². The molecule has 2 nitrogen and oxygen atoms in total. The van der Waals surface area contributed by atoms with E-state index in [1.807, 2.05) is 0 Å². The van der Waals surface area contributed by atoms with Crippen LogP contribution in [-0.2, 0) is 0 Å². The third-order valence-electron chi connectivity index (χ3n) is 9.22. The summed E-state index contributed by atoms with van der Waals surface area (Å²) in [6, 6.07) is 57.1. The van der Waals surface area contributed by atoms with E-state index < -0.39 is 0 Å². The first-order chi connectivity index (χ1) is 23.2. The molecule has 0 saturated heterocycles. The molecule has 47 heavy (non-hydrogen) atoms. The molecule has 0 heterocycles. The number of fused-ring (bicyclic) bond motifs is 2. The van der Waals surface area contributed by atoms with Crippen molar-refractivity contribution < 1.29 is 0 Å². The zero-order chi connectivity index (χ0) is 31.6. The largest absolute Gasteiger partial charge is 0.344 e. The van der Waals surface area contributed by atoms with Crippen LogP contribution in [-0.4, -0.2) is 7.05 Å². The van der Waals surface area contributed by atoms with Crippen LogP contribution in [0.15, 0.2) is 176 Å². The molecule has 0 spiro atoms. The number of rotatable bonds is 7. The summed E-state index contributed by atoms with van der Waals surface area (Å²) in [5.41, 5.74) is 10.7. The number of hydrogen-bond donors (Lipinski definition) is 0. The Morgan fingerprint density at radius 1 is 0.447 bits per heavy atom. The molecule has 226 valence electrons. The van der Waals surface area contributed by atoms with Gasteiger partial charge in [0, 0.05) is 40.6 Å². The smallest absolute Gasteiger partial charge is 0.0567 e. The molecule has 0 unspecified atom stereocenters. The monoisotopic (exact) mass is 604 g/mol. The Hall–Kier alpha value is -5.86. The fourth-order valence-electron chi connectivity index (χ4n) is 6.86. The first-order valence-corrected chi connectivity index (χ1v) is 16.4. The SMILES string of the molecule is CN(c1ccc(N(c2cccc(C3=CCCC=C3)c2)c2cccc(-c3ccccc3)c2)cc1)c1c2ccccc2cc2ccccc12. The summed E-state index contributed by atoms with van der Waals surface area (Å²) >= 11 is 0. The van der Waals surface area contributed by atoms with Gasteiger partial charge in [0.05, 0.1) is 5.69 Å². The van der Waals surface area contributed by atoms with Crippen molar-refractivity contribution in [1.29, 1.82) is 0 Å². The molecule has 0 radical (unpaired) electrons. The lowest BCUT2D eigenvalue weighted by Crippen LogP contribution is -2.13. The van der Waals surface area contributed by atoms with Gasteiger partial charge in [-0.3, -0.25) is 0 Å². The van der Waals surface area contributed by atoms with Gasteiger partial charge >= 0.3 is 0 Å². The molecule has 7 aromatic rings. The van der Waals surface area contributed by atoms with Crippen molar-refractivity contribution in [3.63, 3.8) is 0 Å². The molecule has 0 bridgehead atoms. The zero-order valence-corrected chi connectivity index (χ0v) is 26.6. The number of nitrogens with zero attached hydrogens (tertiary/aromatic N) is 2. The Bertz CT molecular complexity index is 2210. The number of allylic oxidation sites excluding steroid dienone is 4. The lowest BCUT2D eigenvalue weighted by atomic mass is 9.98. The lowest BCUT2D eigenvalue weighted by Gasteiger charge is -2.28. The van der Waals surface area contributed by atoms with E-state index in [1.54, 1.807) is 0 Å². The Morgan fingerprint density at radius 2 is 1.02 bits per heavy atom. The summed E-state index contributed by atoms with van der Waals surface area (Å²) in [4.78, 5) is 4.71. The number of hydrogen-bond acceptors (Lipinski definition) is 2. The van der Waals surface area contributed by atoms with Gasteiger partial charge < -0.3 is 9.80 Å². The van der Waals surface area contributed by atoms with Crippen LogP contribution in [0.25, 0.3) is 38.2 Å². The predicted molar refractivity (Wildman–Crippen MR) is 202 cm³/mol. The summed E-state index contributed by atoms with van der Waals surface area (Å²) in [5.74, 6) is 0. The maximum Gasteiger partial charge on any atom is 0.0567 e. The van der Waals surface area contributed by atoms with Crippen molar-refractivity contribution in [3.05, 3.63) is 182 Å². The van der Waals surface area contributed by atoms with E-state index in [0.717, 1.165) is 35.6 Å². The first kappa shape index (κ1) is 28.6. The molecule has 2 heteroatoms. The van der Waals surface area contributed by atoms with Gasteiger partial charge in [0.15, 0.2) is 0 Å². The Balaban J connectivity index is 1.23. The van der Waals surface area contributed by atoms with E-state index in [4.69, 9.17) is 0 Å². The van der Waals surface area contributed by atoms with Gasteiger partial charge in [-0.05, 0) is 100 Å². The van der Waals surface area contributed by atoms with E-state index >= 15 is 0 Å². The Morgan fingerprint density at radius 3 is 1.68 bits per heavy atom. The van der Waals surface area contributed by atoms with E-state index in [0.29, 0.717) is 0 Å². The van der Waals surface area contributed by atoms with Crippen molar-refractivity contribution >= 4 is 55.6 Å². The topological polar surface area (TPSA) is 6.48 Å². The summed E-state index contributed by atoms with van der Waals surface area (Å²) in [6.45, 7) is 0. The molecule has 0 amide bonds. The molecule has 0 fully saturated rings. The van der Waals surface area contributed by atoms with Crippen molar-refractivity contribution in [3.8, 4) is 11.1 Å². The molecule has 1 aliphatic rings. The van der Waals surface area contributed by atoms with Crippen LogP contribution in [0, 0.1) is 0 Å². The minimum absolute atomic E-state index is 1.08. The molecule has 0 N–H and O–H groups in total. The number of anilines is 5. The second-order valence-corrected chi connectivity index (χ2v) is 12.2. The molecule has 1 aliphatic carbocycles. The highest BCUT2D eigenvalue weighted by molar-refractivity contribution is 6.12. The molecule has 0 aliphatic heterocycles. The van der Waals surface area contributed by atoms with Gasteiger partial charge in [0.1, 0.15) is 0 Å². The van der Waals surface area contributed by atoms with Gasteiger partial charge in [-0.1, -0.05) is 121 Å². The highest BCUT2D eigenvalue weighted by Gasteiger charge is 2.17. The molecule has 0 saturated carbocycles. The number of benzene rings is 7. The highest BCUT2D eigenvalue weighted by atomic mass is 15.1. The van der Waals surface area contributed by atoms with Gasteiger partial charge in [0.2, 0.25) is 0 Å². The molecular formula is C45H36N2. The molecule has 8 rings (SSSR count). The molecule has 0 atom stereocenters. The normalized spacial score (nSPS) is 12.7. The van der Waals surface area contributed by atoms with Crippen molar-refractivity contribution in [2.45, 2.75) is 12.8 Å².